The minimum atomic E-state index is -1.33. The van der Waals surface area contributed by atoms with Crippen LogP contribution in [0.5, 0.6) is 0 Å². The zero-order valence-corrected chi connectivity index (χ0v) is 24.2. The molecule has 0 unspecified atom stereocenters. The number of carboxylic acids is 1. The second-order valence-corrected chi connectivity index (χ2v) is 10.7. The lowest BCUT2D eigenvalue weighted by Gasteiger charge is -2.46. The highest BCUT2D eigenvalue weighted by Gasteiger charge is 2.40. The molecular formula is C25H34ClIN4O7. The molecular weight excluding hydrogens is 631 g/mol. The van der Waals surface area contributed by atoms with Gasteiger partial charge in [0.25, 0.3) is 0 Å². The topological polar surface area (TPSA) is 143 Å². The summed E-state index contributed by atoms with van der Waals surface area (Å²) in [6.07, 6.45) is 1.12. The van der Waals surface area contributed by atoms with Gasteiger partial charge in [-0.05, 0) is 43.1 Å². The van der Waals surface area contributed by atoms with Gasteiger partial charge < -0.3 is 30.1 Å². The van der Waals surface area contributed by atoms with Gasteiger partial charge in [0.2, 0.25) is 5.91 Å². The first-order valence-electron chi connectivity index (χ1n) is 12.5. The van der Waals surface area contributed by atoms with Gasteiger partial charge in [-0.2, -0.15) is 0 Å². The van der Waals surface area contributed by atoms with E-state index in [-0.39, 0.29) is 38.1 Å². The number of carbonyl (C=O) groups is 4. The van der Waals surface area contributed by atoms with Crippen molar-refractivity contribution in [2.24, 2.45) is 5.73 Å². The third-order valence-electron chi connectivity index (χ3n) is 6.83. The van der Waals surface area contributed by atoms with Crippen molar-refractivity contribution in [1.82, 2.24) is 14.7 Å². The van der Waals surface area contributed by atoms with Crippen molar-refractivity contribution >= 4 is 58.1 Å². The summed E-state index contributed by atoms with van der Waals surface area (Å²) in [5.41, 5.74) is 7.39. The Morgan fingerprint density at radius 2 is 1.84 bits per heavy atom. The number of piperazine rings is 1. The van der Waals surface area contributed by atoms with Crippen LogP contribution in [0.15, 0.2) is 18.2 Å². The van der Waals surface area contributed by atoms with Gasteiger partial charge >= 0.3 is 18.0 Å². The molecule has 2 aliphatic heterocycles. The number of benzene rings is 1. The largest absolute Gasteiger partial charge is 0.481 e. The molecule has 2 saturated heterocycles. The first-order chi connectivity index (χ1) is 18.1. The van der Waals surface area contributed by atoms with Gasteiger partial charge in [-0.3, -0.25) is 19.3 Å². The van der Waals surface area contributed by atoms with Crippen LogP contribution in [0.2, 0.25) is 5.02 Å². The summed E-state index contributed by atoms with van der Waals surface area (Å²) >= 11 is 8.60. The predicted octanol–water partition coefficient (Wildman–Crippen LogP) is 1.91. The van der Waals surface area contributed by atoms with Crippen LogP contribution in [0.25, 0.3) is 0 Å². The number of aliphatic carboxylic acids is 1. The zero-order chi connectivity index (χ0) is 27.8. The second-order valence-electron chi connectivity index (χ2n) is 9.55. The summed E-state index contributed by atoms with van der Waals surface area (Å²) in [5, 5.41) is 9.50. The number of carbonyl (C=O) groups excluding carboxylic acids is 3. The Morgan fingerprint density at radius 3 is 2.45 bits per heavy atom. The third kappa shape index (κ3) is 8.17. The standard InChI is InChI=1S/C25H34ClIN4O7/c1-37-25(36)31-13-18(12-29-6-2-3-7-29)30(14-19(31)15-38-24(35)21(28)10-23(33)34)22(32)9-16-4-5-17(11-27)20(26)8-16/h4-5,8,18-19,21H,2-3,6-7,9-15,28H2,1H3,(H,33,34)/t18-,19-,21-/m1/s1. The molecule has 3 atom stereocenters. The molecule has 2 fully saturated rings. The summed E-state index contributed by atoms with van der Waals surface area (Å²) in [6.45, 7) is 2.51. The van der Waals surface area contributed by atoms with Crippen molar-refractivity contribution in [2.45, 2.75) is 48.2 Å². The van der Waals surface area contributed by atoms with E-state index in [2.05, 4.69) is 27.5 Å². The van der Waals surface area contributed by atoms with E-state index < -0.39 is 36.5 Å². The molecule has 1 aromatic carbocycles. The van der Waals surface area contributed by atoms with Crippen LogP contribution < -0.4 is 5.73 Å². The van der Waals surface area contributed by atoms with Crippen molar-refractivity contribution in [2.75, 3.05) is 46.4 Å². The lowest BCUT2D eigenvalue weighted by molar-refractivity contribution is -0.152. The third-order valence-corrected chi connectivity index (χ3v) is 8.00. The molecule has 210 valence electrons. The smallest absolute Gasteiger partial charge is 0.409 e. The van der Waals surface area contributed by atoms with E-state index in [4.69, 9.17) is 31.9 Å². The lowest BCUT2D eigenvalue weighted by Crippen LogP contribution is -2.65. The minimum Gasteiger partial charge on any atom is -0.481 e. The quantitative estimate of drug-likeness (QED) is 0.218. The lowest BCUT2D eigenvalue weighted by atomic mass is 10.0. The van der Waals surface area contributed by atoms with Gasteiger partial charge in [0.15, 0.2) is 0 Å². The van der Waals surface area contributed by atoms with E-state index in [1.807, 2.05) is 12.1 Å². The molecule has 1 aromatic rings. The van der Waals surface area contributed by atoms with E-state index in [1.54, 1.807) is 11.0 Å². The Balaban J connectivity index is 1.79. The van der Waals surface area contributed by atoms with Gasteiger partial charge in [-0.25, -0.2) is 4.79 Å². The first-order valence-corrected chi connectivity index (χ1v) is 14.4. The van der Waals surface area contributed by atoms with Crippen molar-refractivity contribution in [3.05, 3.63) is 34.3 Å². The molecule has 2 heterocycles. The normalized spacial score (nSPS) is 20.7. The number of hydrogen-bond acceptors (Lipinski definition) is 8. The van der Waals surface area contributed by atoms with Gasteiger partial charge in [0.1, 0.15) is 12.6 Å². The van der Waals surface area contributed by atoms with Crippen LogP contribution in [0.1, 0.15) is 30.4 Å². The molecule has 3 rings (SSSR count). The van der Waals surface area contributed by atoms with Gasteiger partial charge in [-0.1, -0.05) is 46.3 Å². The fraction of sp³-hybridized carbons (Fsp3) is 0.600. The Morgan fingerprint density at radius 1 is 1.16 bits per heavy atom. The Kier molecular flexibility index (Phi) is 11.4. The molecule has 0 spiro atoms. The highest BCUT2D eigenvalue weighted by molar-refractivity contribution is 14.1. The Hall–Kier alpha value is -2.16. The maximum atomic E-state index is 13.6. The highest BCUT2D eigenvalue weighted by Crippen LogP contribution is 2.24. The summed E-state index contributed by atoms with van der Waals surface area (Å²) in [5.74, 6) is -2.24. The number of likely N-dealkylation sites (tertiary alicyclic amines) is 1. The van der Waals surface area contributed by atoms with E-state index in [0.717, 1.165) is 41.5 Å². The van der Waals surface area contributed by atoms with Crippen LogP contribution in [0.4, 0.5) is 4.79 Å². The van der Waals surface area contributed by atoms with Gasteiger partial charge in [0, 0.05) is 29.1 Å². The summed E-state index contributed by atoms with van der Waals surface area (Å²) in [7, 11) is 1.27. The fourth-order valence-electron chi connectivity index (χ4n) is 4.80. The molecule has 2 amide bonds. The zero-order valence-electron chi connectivity index (χ0n) is 21.3. The maximum Gasteiger partial charge on any atom is 0.409 e. The molecule has 13 heteroatoms. The molecule has 2 aliphatic rings. The highest BCUT2D eigenvalue weighted by atomic mass is 127. The number of alkyl halides is 1. The molecule has 0 aromatic heterocycles. The number of hydrogen-bond donors (Lipinski definition) is 2. The molecule has 0 radical (unpaired) electrons. The van der Waals surface area contributed by atoms with Crippen molar-refractivity contribution in [3.8, 4) is 0 Å². The average molecular weight is 665 g/mol. The number of carboxylic acid groups (broad SMARTS) is 1. The van der Waals surface area contributed by atoms with E-state index >= 15 is 0 Å². The van der Waals surface area contributed by atoms with Crippen LogP contribution in [0, 0.1) is 0 Å². The number of halogens is 2. The van der Waals surface area contributed by atoms with Crippen LogP contribution in [-0.4, -0.2) is 108 Å². The number of ether oxygens (including phenoxy) is 2. The summed E-state index contributed by atoms with van der Waals surface area (Å²) in [6, 6.07) is 3.30. The SMILES string of the molecule is COC(=O)N1C[C@@H](CN2CCCC2)N(C(=O)Cc2ccc(CI)c(Cl)c2)C[C@@H]1COC(=O)[C@H](N)CC(=O)O. The molecule has 0 saturated carbocycles. The number of amides is 2. The van der Waals surface area contributed by atoms with Crippen LogP contribution >= 0.6 is 34.2 Å². The van der Waals surface area contributed by atoms with Crippen molar-refractivity contribution < 1.29 is 33.8 Å². The number of nitrogens with two attached hydrogens (primary N) is 1. The Labute approximate surface area is 240 Å². The monoisotopic (exact) mass is 664 g/mol. The van der Waals surface area contributed by atoms with Gasteiger partial charge in [-0.15, -0.1) is 0 Å². The number of esters is 1. The molecule has 3 N–H and O–H groups in total. The predicted molar refractivity (Wildman–Crippen MR) is 148 cm³/mol. The number of rotatable bonds is 10. The fourth-order valence-corrected chi connectivity index (χ4v) is 5.96. The first kappa shape index (κ1) is 30.4. The molecule has 0 aliphatic carbocycles. The molecule has 0 bridgehead atoms. The number of nitrogens with zero attached hydrogens (tertiary/aromatic N) is 3. The van der Waals surface area contributed by atoms with E-state index in [0.29, 0.717) is 11.6 Å². The van der Waals surface area contributed by atoms with Crippen molar-refractivity contribution in [3.63, 3.8) is 0 Å². The maximum absolute atomic E-state index is 13.6. The Bertz CT molecular complexity index is 1020. The summed E-state index contributed by atoms with van der Waals surface area (Å²) in [4.78, 5) is 54.9. The van der Waals surface area contributed by atoms with Crippen LogP contribution in [0.3, 0.4) is 0 Å². The van der Waals surface area contributed by atoms with Crippen LogP contribution in [-0.2, 0) is 34.7 Å². The average Bonchev–Trinajstić information content (AvgIpc) is 3.39. The minimum absolute atomic E-state index is 0.119. The van der Waals surface area contributed by atoms with Gasteiger partial charge in [0.05, 0.1) is 32.0 Å². The molecule has 38 heavy (non-hydrogen) atoms. The second kappa shape index (κ2) is 14.3. The van der Waals surface area contributed by atoms with E-state index in [9.17, 15) is 19.2 Å². The summed E-state index contributed by atoms with van der Waals surface area (Å²) < 4.78 is 11.0. The van der Waals surface area contributed by atoms with Crippen molar-refractivity contribution in [1.29, 1.82) is 0 Å². The molecule has 11 nitrogen and oxygen atoms in total. The number of methoxy groups -OCH3 is 1. The van der Waals surface area contributed by atoms with E-state index in [1.165, 1.54) is 12.0 Å².